The van der Waals surface area contributed by atoms with Gasteiger partial charge in [0.1, 0.15) is 0 Å². The number of aromatic nitrogens is 2. The van der Waals surface area contributed by atoms with E-state index in [1.165, 1.54) is 11.3 Å². The molecule has 17 heavy (non-hydrogen) atoms. The van der Waals surface area contributed by atoms with Crippen molar-refractivity contribution in [2.45, 2.75) is 54.5 Å². The Morgan fingerprint density at radius 2 is 1.76 bits per heavy atom. The van der Waals surface area contributed by atoms with Crippen LogP contribution in [0.1, 0.15) is 60.2 Å². The van der Waals surface area contributed by atoms with Gasteiger partial charge in [-0.1, -0.05) is 47.1 Å². The first-order valence-electron chi connectivity index (χ1n) is 6.67. The first-order chi connectivity index (χ1) is 7.91. The van der Waals surface area contributed by atoms with E-state index in [-0.39, 0.29) is 5.41 Å². The lowest BCUT2D eigenvalue weighted by molar-refractivity contribution is 0.325. The van der Waals surface area contributed by atoms with Crippen LogP contribution in [-0.2, 0) is 0 Å². The molecule has 0 spiro atoms. The number of allylic oxidation sites excluding steroid dienone is 1. The highest BCUT2D eigenvalue weighted by molar-refractivity contribution is 5.53. The van der Waals surface area contributed by atoms with Crippen molar-refractivity contribution in [1.82, 2.24) is 9.78 Å². The van der Waals surface area contributed by atoms with Gasteiger partial charge in [0, 0.05) is 12.1 Å². The summed E-state index contributed by atoms with van der Waals surface area (Å²) in [6.45, 7) is 15.4. The Morgan fingerprint density at radius 1 is 1.18 bits per heavy atom. The Labute approximate surface area is 106 Å². The Hall–Kier alpha value is -1.05. The maximum absolute atomic E-state index is 4.38. The molecule has 0 saturated carbocycles. The molecule has 1 unspecified atom stereocenters. The predicted molar refractivity (Wildman–Crippen MR) is 74.9 cm³/mol. The highest BCUT2D eigenvalue weighted by Crippen LogP contribution is 2.41. The molecule has 2 heterocycles. The van der Waals surface area contributed by atoms with E-state index in [0.29, 0.717) is 12.0 Å². The summed E-state index contributed by atoms with van der Waals surface area (Å²) >= 11 is 0. The number of nitrogens with zero attached hydrogens (tertiary/aromatic N) is 2. The topological polar surface area (TPSA) is 17.8 Å². The Morgan fingerprint density at radius 3 is 2.29 bits per heavy atom. The Kier molecular flexibility index (Phi) is 4.18. The molecule has 2 nitrogen and oxygen atoms in total. The number of hydrogen-bond acceptors (Lipinski definition) is 1. The van der Waals surface area contributed by atoms with Crippen molar-refractivity contribution in [2.24, 2.45) is 11.3 Å². The van der Waals surface area contributed by atoms with Crippen LogP contribution in [0.4, 0.5) is 0 Å². The van der Waals surface area contributed by atoms with E-state index < -0.39 is 0 Å². The second-order valence-electron chi connectivity index (χ2n) is 5.58. The van der Waals surface area contributed by atoms with Crippen molar-refractivity contribution >= 4 is 6.08 Å². The van der Waals surface area contributed by atoms with Crippen LogP contribution in [0.15, 0.2) is 17.8 Å². The third-order valence-corrected chi connectivity index (χ3v) is 3.47. The molecule has 0 fully saturated rings. The fraction of sp³-hybridized carbons (Fsp3) is 0.667. The van der Waals surface area contributed by atoms with Crippen molar-refractivity contribution in [2.75, 3.05) is 0 Å². The lowest BCUT2D eigenvalue weighted by Crippen LogP contribution is -2.27. The summed E-state index contributed by atoms with van der Waals surface area (Å²) in [6.07, 6.45) is 4.19. The molecule has 2 rings (SSSR count). The summed E-state index contributed by atoms with van der Waals surface area (Å²) < 4.78 is 2.12. The second-order valence-corrected chi connectivity index (χ2v) is 5.58. The SMILES string of the molecule is CC.CC1C(C(C)(C)C)=Cc2ccnn2[C@@H]1C. The summed E-state index contributed by atoms with van der Waals surface area (Å²) in [7, 11) is 0. The normalized spacial score (nSPS) is 23.4. The van der Waals surface area contributed by atoms with Crippen molar-refractivity contribution in [3.05, 3.63) is 23.5 Å². The van der Waals surface area contributed by atoms with Crippen LogP contribution in [0.25, 0.3) is 6.08 Å². The second kappa shape index (κ2) is 5.07. The molecule has 0 aliphatic carbocycles. The quantitative estimate of drug-likeness (QED) is 0.644. The molecular weight excluding hydrogens is 208 g/mol. The van der Waals surface area contributed by atoms with Gasteiger partial charge in [-0.15, -0.1) is 0 Å². The maximum Gasteiger partial charge on any atom is 0.0613 e. The van der Waals surface area contributed by atoms with Crippen LogP contribution in [0.3, 0.4) is 0 Å². The first-order valence-corrected chi connectivity index (χ1v) is 6.67. The summed E-state index contributed by atoms with van der Waals surface area (Å²) in [5, 5.41) is 4.38. The summed E-state index contributed by atoms with van der Waals surface area (Å²) in [5.41, 5.74) is 3.02. The van der Waals surface area contributed by atoms with Gasteiger partial charge in [0.25, 0.3) is 0 Å². The zero-order chi connectivity index (χ0) is 13.2. The summed E-state index contributed by atoms with van der Waals surface area (Å²) in [6, 6.07) is 2.56. The molecule has 96 valence electrons. The molecule has 1 aliphatic heterocycles. The summed E-state index contributed by atoms with van der Waals surface area (Å²) in [4.78, 5) is 0. The number of hydrogen-bond donors (Lipinski definition) is 0. The van der Waals surface area contributed by atoms with Crippen LogP contribution in [0, 0.1) is 11.3 Å². The molecule has 1 aliphatic rings. The van der Waals surface area contributed by atoms with Crippen molar-refractivity contribution in [3.63, 3.8) is 0 Å². The Bertz CT molecular complexity index is 393. The number of fused-ring (bicyclic) bond motifs is 1. The highest BCUT2D eigenvalue weighted by Gasteiger charge is 2.31. The van der Waals surface area contributed by atoms with E-state index in [2.05, 4.69) is 56.5 Å². The molecule has 0 N–H and O–H groups in total. The van der Waals surface area contributed by atoms with Gasteiger partial charge in [0.2, 0.25) is 0 Å². The van der Waals surface area contributed by atoms with Gasteiger partial charge >= 0.3 is 0 Å². The van der Waals surface area contributed by atoms with Gasteiger partial charge in [-0.25, -0.2) is 0 Å². The molecule has 0 saturated heterocycles. The van der Waals surface area contributed by atoms with E-state index in [1.807, 2.05) is 20.0 Å². The summed E-state index contributed by atoms with van der Waals surface area (Å²) in [5.74, 6) is 0.567. The third kappa shape index (κ3) is 2.62. The average Bonchev–Trinajstić information content (AvgIpc) is 2.73. The lowest BCUT2D eigenvalue weighted by atomic mass is 9.75. The molecule has 1 aromatic heterocycles. The van der Waals surface area contributed by atoms with E-state index in [4.69, 9.17) is 0 Å². The molecule has 0 amide bonds. The standard InChI is InChI=1S/C13H20N2.C2H6/c1-9-10(2)15-11(6-7-14-15)8-12(9)13(3,4)5;1-2/h6-10H,1-5H3;1-2H3/t9?,10-;/m1./s1. The van der Waals surface area contributed by atoms with E-state index in [1.54, 1.807) is 0 Å². The van der Waals surface area contributed by atoms with Crippen molar-refractivity contribution in [3.8, 4) is 0 Å². The van der Waals surface area contributed by atoms with E-state index >= 15 is 0 Å². The molecule has 2 atom stereocenters. The largest absolute Gasteiger partial charge is 0.262 e. The molecule has 0 bridgehead atoms. The molecular formula is C15H26N2. The van der Waals surface area contributed by atoms with Crippen LogP contribution >= 0.6 is 0 Å². The van der Waals surface area contributed by atoms with E-state index in [9.17, 15) is 0 Å². The van der Waals surface area contributed by atoms with Crippen LogP contribution in [0.2, 0.25) is 0 Å². The fourth-order valence-electron chi connectivity index (χ4n) is 2.44. The Balaban J connectivity index is 0.000000686. The minimum absolute atomic E-state index is 0.253. The molecule has 0 aromatic carbocycles. The lowest BCUT2D eigenvalue weighted by Gasteiger charge is -2.36. The van der Waals surface area contributed by atoms with Crippen LogP contribution in [-0.4, -0.2) is 9.78 Å². The predicted octanol–water partition coefficient (Wildman–Crippen LogP) is 4.55. The smallest absolute Gasteiger partial charge is 0.0613 e. The molecule has 0 radical (unpaired) electrons. The van der Waals surface area contributed by atoms with E-state index in [0.717, 1.165) is 0 Å². The third-order valence-electron chi connectivity index (χ3n) is 3.47. The number of rotatable bonds is 0. The first kappa shape index (κ1) is 14.0. The monoisotopic (exact) mass is 234 g/mol. The fourth-order valence-corrected chi connectivity index (χ4v) is 2.44. The molecule has 1 aromatic rings. The molecule has 2 heteroatoms. The average molecular weight is 234 g/mol. The van der Waals surface area contributed by atoms with Gasteiger partial charge < -0.3 is 0 Å². The van der Waals surface area contributed by atoms with Crippen LogP contribution in [0.5, 0.6) is 0 Å². The minimum Gasteiger partial charge on any atom is -0.262 e. The van der Waals surface area contributed by atoms with Gasteiger partial charge in [0.05, 0.1) is 11.7 Å². The zero-order valence-electron chi connectivity index (χ0n) is 12.3. The zero-order valence-corrected chi connectivity index (χ0v) is 12.3. The van der Waals surface area contributed by atoms with Gasteiger partial charge in [0.15, 0.2) is 0 Å². The van der Waals surface area contributed by atoms with Gasteiger partial charge in [-0.2, -0.15) is 5.10 Å². The van der Waals surface area contributed by atoms with Crippen LogP contribution < -0.4 is 0 Å². The maximum atomic E-state index is 4.38. The van der Waals surface area contributed by atoms with Gasteiger partial charge in [-0.05, 0) is 24.5 Å². The van der Waals surface area contributed by atoms with Crippen molar-refractivity contribution in [1.29, 1.82) is 0 Å². The highest BCUT2D eigenvalue weighted by atomic mass is 15.3. The minimum atomic E-state index is 0.253. The van der Waals surface area contributed by atoms with Crippen molar-refractivity contribution < 1.29 is 0 Å². The van der Waals surface area contributed by atoms with Gasteiger partial charge in [-0.3, -0.25) is 4.68 Å².